The quantitative estimate of drug-likeness (QED) is 0.211. The number of pyridine rings is 1. The molecule has 2 aliphatic rings. The number of esters is 1. The summed E-state index contributed by atoms with van der Waals surface area (Å²) in [4.78, 5) is 23.4. The van der Waals surface area contributed by atoms with E-state index in [2.05, 4.69) is 10.3 Å². The van der Waals surface area contributed by atoms with Crippen LogP contribution in [0.5, 0.6) is 5.75 Å². The van der Waals surface area contributed by atoms with E-state index in [-0.39, 0.29) is 29.6 Å². The van der Waals surface area contributed by atoms with Gasteiger partial charge in [-0.15, -0.1) is 5.01 Å². The molecule has 1 aromatic carbocycles. The molecule has 36 heavy (non-hydrogen) atoms. The molecule has 0 radical (unpaired) electrons. The smallest absolute Gasteiger partial charge is 0.314 e. The molecule has 1 aliphatic carbocycles. The van der Waals surface area contributed by atoms with E-state index in [9.17, 15) is 10.0 Å². The van der Waals surface area contributed by atoms with Crippen molar-refractivity contribution in [2.75, 3.05) is 7.05 Å². The van der Waals surface area contributed by atoms with Crippen LogP contribution in [0.4, 0.5) is 0 Å². The van der Waals surface area contributed by atoms with E-state index in [1.807, 2.05) is 52.0 Å². The highest BCUT2D eigenvalue weighted by atomic mass is 35.5. The van der Waals surface area contributed by atoms with Gasteiger partial charge in [0.2, 0.25) is 5.28 Å². The molecular formula is C26H33ClN4O5. The molecule has 4 rings (SSSR count). The second-order valence-electron chi connectivity index (χ2n) is 10.4. The molecule has 0 bridgehead atoms. The predicted octanol–water partition coefficient (Wildman–Crippen LogP) is 5.67. The fourth-order valence-corrected chi connectivity index (χ4v) is 4.46. The van der Waals surface area contributed by atoms with Crippen molar-refractivity contribution in [3.8, 4) is 5.75 Å². The summed E-state index contributed by atoms with van der Waals surface area (Å²) in [5.41, 5.74) is 2.99. The zero-order valence-electron chi connectivity index (χ0n) is 21.4. The lowest BCUT2D eigenvalue weighted by Gasteiger charge is -2.28. The van der Waals surface area contributed by atoms with Crippen LogP contribution in [0.25, 0.3) is 0 Å². The number of carbonyl (C=O) groups is 1. The first kappa shape index (κ1) is 26.2. The number of halogens is 1. The third kappa shape index (κ3) is 5.73. The van der Waals surface area contributed by atoms with Crippen molar-refractivity contribution >= 4 is 17.6 Å². The molecule has 1 atom stereocenters. The normalized spacial score (nSPS) is 22.2. The van der Waals surface area contributed by atoms with E-state index in [1.54, 1.807) is 13.2 Å². The van der Waals surface area contributed by atoms with Gasteiger partial charge in [0.25, 0.3) is 0 Å². The second kappa shape index (κ2) is 10.6. The van der Waals surface area contributed by atoms with E-state index in [1.165, 1.54) is 5.01 Å². The standard InChI is InChI=1S/C26H33ClN4O5/c1-16-23(22-15-34-24(21(22)14-28-16)17-6-10-19(27)11-7-17)35-25(32)18-8-12-20(13-9-18)36-29-31(33)30(5)26(2,3)4/h6-7,10-11,14,18,20,24H,8-9,12-13,15H2,1-5H3/b31-29-/t18-,20+,24-/m0/s1. The van der Waals surface area contributed by atoms with Crippen LogP contribution in [0, 0.1) is 18.0 Å². The Morgan fingerprint density at radius 2 is 1.89 bits per heavy atom. The number of hydrogen-bond acceptors (Lipinski definition) is 7. The van der Waals surface area contributed by atoms with E-state index in [0.29, 0.717) is 53.7 Å². The first-order chi connectivity index (χ1) is 17.0. The molecule has 2 heterocycles. The Hall–Kier alpha value is -2.91. The lowest BCUT2D eigenvalue weighted by molar-refractivity contribution is -0.720. The Morgan fingerprint density at radius 1 is 1.22 bits per heavy atom. The van der Waals surface area contributed by atoms with Crippen molar-refractivity contribution < 1.29 is 24.1 Å². The van der Waals surface area contributed by atoms with Crippen LogP contribution in [0.2, 0.25) is 5.02 Å². The Bertz CT molecular complexity index is 1120. The number of carbonyl (C=O) groups excluding carboxylic acids is 1. The van der Waals surface area contributed by atoms with E-state index >= 15 is 0 Å². The molecule has 0 unspecified atom stereocenters. The fourth-order valence-electron chi connectivity index (χ4n) is 4.34. The third-order valence-electron chi connectivity index (χ3n) is 6.90. The van der Waals surface area contributed by atoms with Crippen LogP contribution in [0.15, 0.2) is 35.7 Å². The van der Waals surface area contributed by atoms with Gasteiger partial charge in [-0.05, 0) is 71.1 Å². The van der Waals surface area contributed by atoms with Crippen molar-refractivity contribution in [2.45, 2.75) is 77.7 Å². The Balaban J connectivity index is 1.37. The van der Waals surface area contributed by atoms with Crippen molar-refractivity contribution in [1.29, 1.82) is 0 Å². The highest BCUT2D eigenvalue weighted by molar-refractivity contribution is 6.30. The zero-order valence-corrected chi connectivity index (χ0v) is 22.1. The largest absolute Gasteiger partial charge is 0.569 e. The van der Waals surface area contributed by atoms with Crippen LogP contribution >= 0.6 is 11.6 Å². The van der Waals surface area contributed by atoms with Crippen LogP contribution in [0.3, 0.4) is 0 Å². The summed E-state index contributed by atoms with van der Waals surface area (Å²) < 4.78 is 11.9. The number of aryl methyl sites for hydroxylation is 1. The lowest BCUT2D eigenvalue weighted by atomic mass is 9.87. The van der Waals surface area contributed by atoms with Gasteiger partial charge < -0.3 is 19.5 Å². The molecule has 9 nitrogen and oxygen atoms in total. The summed E-state index contributed by atoms with van der Waals surface area (Å²) in [7, 11) is 1.66. The van der Waals surface area contributed by atoms with Gasteiger partial charge in [-0.25, -0.2) is 0 Å². The highest BCUT2D eigenvalue weighted by Gasteiger charge is 2.34. The summed E-state index contributed by atoms with van der Waals surface area (Å²) in [6, 6.07) is 7.50. The molecule has 2 aromatic rings. The molecule has 194 valence electrons. The highest BCUT2D eigenvalue weighted by Crippen LogP contribution is 2.41. The molecular weight excluding hydrogens is 484 g/mol. The summed E-state index contributed by atoms with van der Waals surface area (Å²) in [5.74, 6) is -0.0545. The van der Waals surface area contributed by atoms with Gasteiger partial charge in [0.15, 0.2) is 5.75 Å². The van der Waals surface area contributed by atoms with Crippen molar-refractivity contribution in [2.24, 2.45) is 11.2 Å². The maximum absolute atomic E-state index is 13.0. The van der Waals surface area contributed by atoms with Gasteiger partial charge in [-0.3, -0.25) is 9.78 Å². The summed E-state index contributed by atoms with van der Waals surface area (Å²) in [6.07, 6.45) is 3.71. The SMILES string of the molecule is Cc1ncc2c(c1OC(=O)[C@H]1CC[C@@H](O/N=[N+](\[O-])N(C)C(C)(C)C)CC1)CO[C@H]2c1ccc(Cl)cc1. The number of aromatic nitrogens is 1. The van der Waals surface area contributed by atoms with Gasteiger partial charge in [-0.1, -0.05) is 23.7 Å². The van der Waals surface area contributed by atoms with Crippen molar-refractivity contribution in [1.82, 2.24) is 9.99 Å². The number of fused-ring (bicyclic) bond motifs is 1. The van der Waals surface area contributed by atoms with Crippen molar-refractivity contribution in [3.63, 3.8) is 0 Å². The van der Waals surface area contributed by atoms with Gasteiger partial charge in [0, 0.05) is 22.3 Å². The Labute approximate surface area is 216 Å². The number of hydrazine groups is 1. The maximum Gasteiger partial charge on any atom is 0.314 e. The van der Waals surface area contributed by atoms with Gasteiger partial charge in [0.05, 0.1) is 35.8 Å². The number of benzene rings is 1. The molecule has 0 amide bonds. The van der Waals surface area contributed by atoms with Crippen LogP contribution in [-0.4, -0.2) is 39.6 Å². The molecule has 1 aromatic heterocycles. The number of hydrogen-bond donors (Lipinski definition) is 0. The summed E-state index contributed by atoms with van der Waals surface area (Å²) in [6.45, 7) is 7.90. The molecule has 10 heteroatoms. The van der Waals surface area contributed by atoms with Gasteiger partial charge >= 0.3 is 5.97 Å². The molecule has 0 N–H and O–H groups in total. The minimum Gasteiger partial charge on any atom is -0.569 e. The third-order valence-corrected chi connectivity index (χ3v) is 7.15. The van der Waals surface area contributed by atoms with E-state index < -0.39 is 0 Å². The molecule has 0 saturated heterocycles. The van der Waals surface area contributed by atoms with Crippen LogP contribution in [-0.2, 0) is 21.0 Å². The number of rotatable bonds is 6. The van der Waals surface area contributed by atoms with E-state index in [4.69, 9.17) is 25.9 Å². The second-order valence-corrected chi connectivity index (χ2v) is 10.8. The van der Waals surface area contributed by atoms with Crippen molar-refractivity contribution in [3.05, 3.63) is 63.1 Å². The van der Waals surface area contributed by atoms with Gasteiger partial charge in [0.1, 0.15) is 12.2 Å². The van der Waals surface area contributed by atoms with E-state index in [0.717, 1.165) is 16.7 Å². The van der Waals surface area contributed by atoms with Crippen LogP contribution < -0.4 is 4.74 Å². The zero-order chi connectivity index (χ0) is 26.0. The molecule has 1 aliphatic heterocycles. The average molecular weight is 517 g/mol. The molecule has 0 spiro atoms. The predicted molar refractivity (Wildman–Crippen MR) is 133 cm³/mol. The summed E-state index contributed by atoms with van der Waals surface area (Å²) >= 11 is 6.02. The topological polar surface area (TPSA) is 99.3 Å². The maximum atomic E-state index is 13.0. The summed E-state index contributed by atoms with van der Waals surface area (Å²) in [5, 5.41) is 17.9. The average Bonchev–Trinajstić information content (AvgIpc) is 3.28. The Morgan fingerprint density at radius 3 is 2.53 bits per heavy atom. The minimum atomic E-state index is -0.374. The first-order valence-corrected chi connectivity index (χ1v) is 12.6. The monoisotopic (exact) mass is 516 g/mol. The minimum absolute atomic E-state index is 0.211. The first-order valence-electron chi connectivity index (χ1n) is 12.2. The van der Waals surface area contributed by atoms with Gasteiger partial charge in [-0.2, -0.15) is 0 Å². The Kier molecular flexibility index (Phi) is 7.70. The van der Waals surface area contributed by atoms with Crippen LogP contribution in [0.1, 0.15) is 74.9 Å². The molecule has 1 saturated carbocycles. The fraction of sp³-hybridized carbons (Fsp3) is 0.538. The number of nitrogens with zero attached hydrogens (tertiary/aromatic N) is 4. The lowest BCUT2D eigenvalue weighted by Crippen LogP contribution is -2.42. The molecule has 1 fully saturated rings. The number of ether oxygens (including phenoxy) is 2.